The molecule has 0 unspecified atom stereocenters. The number of hydrogen-bond donors (Lipinski definition) is 1. The SMILES string of the molecule is Cc1ccc(-c2nn(-c3ccccc3)cc2C(=O)N2CCNC(=O)C2)c(C)c1. The maximum atomic E-state index is 13.3. The Hall–Kier alpha value is -3.41. The number of carbonyl (C=O) groups is 2. The van der Waals surface area contributed by atoms with E-state index >= 15 is 0 Å². The fourth-order valence-corrected chi connectivity index (χ4v) is 3.50. The van der Waals surface area contributed by atoms with E-state index in [1.54, 1.807) is 15.8 Å². The zero-order chi connectivity index (χ0) is 19.7. The van der Waals surface area contributed by atoms with Crippen LogP contribution in [0.4, 0.5) is 0 Å². The number of piperazine rings is 1. The fourth-order valence-electron chi connectivity index (χ4n) is 3.50. The molecular weight excluding hydrogens is 352 g/mol. The van der Waals surface area contributed by atoms with Gasteiger partial charge in [-0.05, 0) is 31.5 Å². The first-order chi connectivity index (χ1) is 13.5. The molecule has 1 aromatic heterocycles. The van der Waals surface area contributed by atoms with Crippen molar-refractivity contribution in [3.63, 3.8) is 0 Å². The number of rotatable bonds is 3. The van der Waals surface area contributed by atoms with Crippen LogP contribution in [0, 0.1) is 13.8 Å². The standard InChI is InChI=1S/C22H22N4O2/c1-15-8-9-18(16(2)12-15)21-19(22(28)25-11-10-23-20(27)14-25)13-26(24-21)17-6-4-3-5-7-17/h3-9,12-13H,10-11,14H2,1-2H3,(H,23,27). The van der Waals surface area contributed by atoms with Crippen LogP contribution in [0.1, 0.15) is 21.5 Å². The summed E-state index contributed by atoms with van der Waals surface area (Å²) in [5, 5.41) is 7.50. The second-order valence-electron chi connectivity index (χ2n) is 7.07. The lowest BCUT2D eigenvalue weighted by Crippen LogP contribution is -2.50. The van der Waals surface area contributed by atoms with E-state index in [-0.39, 0.29) is 18.4 Å². The Morgan fingerprint density at radius 3 is 2.61 bits per heavy atom. The molecule has 1 saturated heterocycles. The van der Waals surface area contributed by atoms with Gasteiger partial charge in [-0.15, -0.1) is 0 Å². The van der Waals surface area contributed by atoms with Crippen molar-refractivity contribution >= 4 is 11.8 Å². The molecule has 0 radical (unpaired) electrons. The van der Waals surface area contributed by atoms with Crippen LogP contribution in [0.15, 0.2) is 54.7 Å². The predicted octanol–water partition coefficient (Wildman–Crippen LogP) is 2.73. The second kappa shape index (κ2) is 7.31. The number of nitrogens with zero attached hydrogens (tertiary/aromatic N) is 3. The molecule has 6 nitrogen and oxygen atoms in total. The van der Waals surface area contributed by atoms with E-state index < -0.39 is 0 Å². The molecule has 28 heavy (non-hydrogen) atoms. The Kier molecular flexibility index (Phi) is 4.69. The summed E-state index contributed by atoms with van der Waals surface area (Å²) >= 11 is 0. The minimum atomic E-state index is -0.174. The molecule has 0 saturated carbocycles. The van der Waals surface area contributed by atoms with Crippen molar-refractivity contribution in [2.75, 3.05) is 19.6 Å². The van der Waals surface area contributed by atoms with Gasteiger partial charge in [0.05, 0.1) is 17.8 Å². The van der Waals surface area contributed by atoms with E-state index in [0.717, 1.165) is 22.4 Å². The molecule has 142 valence electrons. The Morgan fingerprint density at radius 1 is 1.11 bits per heavy atom. The lowest BCUT2D eigenvalue weighted by Gasteiger charge is -2.26. The molecule has 3 aromatic rings. The minimum absolute atomic E-state index is 0.0711. The Balaban J connectivity index is 1.82. The molecule has 0 bridgehead atoms. The van der Waals surface area contributed by atoms with E-state index in [9.17, 15) is 9.59 Å². The van der Waals surface area contributed by atoms with E-state index in [4.69, 9.17) is 5.10 Å². The minimum Gasteiger partial charge on any atom is -0.353 e. The number of nitrogens with one attached hydrogen (secondary N) is 1. The number of para-hydroxylation sites is 1. The van der Waals surface area contributed by atoms with E-state index in [1.807, 2.05) is 56.3 Å². The molecule has 0 atom stereocenters. The maximum absolute atomic E-state index is 13.3. The Morgan fingerprint density at radius 2 is 1.89 bits per heavy atom. The third kappa shape index (κ3) is 3.41. The van der Waals surface area contributed by atoms with Crippen LogP contribution in [0.2, 0.25) is 0 Å². The number of aromatic nitrogens is 2. The molecule has 1 aliphatic rings. The van der Waals surface area contributed by atoms with Crippen LogP contribution in [0.5, 0.6) is 0 Å². The molecule has 4 rings (SSSR count). The highest BCUT2D eigenvalue weighted by molar-refractivity contribution is 6.02. The highest BCUT2D eigenvalue weighted by atomic mass is 16.2. The Labute approximate surface area is 163 Å². The van der Waals surface area contributed by atoms with Crippen molar-refractivity contribution in [3.05, 3.63) is 71.4 Å². The molecule has 2 aromatic carbocycles. The zero-order valence-electron chi connectivity index (χ0n) is 16.0. The summed E-state index contributed by atoms with van der Waals surface area (Å²) in [5.41, 5.74) is 5.16. The van der Waals surface area contributed by atoms with Gasteiger partial charge >= 0.3 is 0 Å². The summed E-state index contributed by atoms with van der Waals surface area (Å²) < 4.78 is 1.73. The van der Waals surface area contributed by atoms with Crippen molar-refractivity contribution in [2.45, 2.75) is 13.8 Å². The van der Waals surface area contributed by atoms with Crippen LogP contribution in [-0.2, 0) is 4.79 Å². The topological polar surface area (TPSA) is 67.2 Å². The lowest BCUT2D eigenvalue weighted by molar-refractivity contribution is -0.123. The highest BCUT2D eigenvalue weighted by Crippen LogP contribution is 2.28. The van der Waals surface area contributed by atoms with Crippen molar-refractivity contribution in [2.24, 2.45) is 0 Å². The molecule has 1 N–H and O–H groups in total. The normalized spacial score (nSPS) is 14.1. The van der Waals surface area contributed by atoms with Crippen molar-refractivity contribution < 1.29 is 9.59 Å². The first kappa shape index (κ1) is 18.0. The highest BCUT2D eigenvalue weighted by Gasteiger charge is 2.27. The average Bonchev–Trinajstić information content (AvgIpc) is 3.13. The van der Waals surface area contributed by atoms with Gasteiger partial charge in [0.25, 0.3) is 5.91 Å². The van der Waals surface area contributed by atoms with Crippen LogP contribution in [0.25, 0.3) is 16.9 Å². The predicted molar refractivity (Wildman–Crippen MR) is 107 cm³/mol. The van der Waals surface area contributed by atoms with Gasteiger partial charge in [-0.3, -0.25) is 9.59 Å². The van der Waals surface area contributed by atoms with Crippen molar-refractivity contribution in [3.8, 4) is 16.9 Å². The summed E-state index contributed by atoms with van der Waals surface area (Å²) in [7, 11) is 0. The smallest absolute Gasteiger partial charge is 0.258 e. The van der Waals surface area contributed by atoms with Crippen molar-refractivity contribution in [1.29, 1.82) is 0 Å². The molecule has 1 fully saturated rings. The lowest BCUT2D eigenvalue weighted by atomic mass is 10.00. The van der Waals surface area contributed by atoms with Crippen LogP contribution in [-0.4, -0.2) is 46.1 Å². The molecule has 2 heterocycles. The third-order valence-electron chi connectivity index (χ3n) is 4.93. The molecule has 6 heteroatoms. The summed E-state index contributed by atoms with van der Waals surface area (Å²) in [5.74, 6) is -0.310. The second-order valence-corrected chi connectivity index (χ2v) is 7.07. The van der Waals surface area contributed by atoms with Crippen LogP contribution >= 0.6 is 0 Å². The summed E-state index contributed by atoms with van der Waals surface area (Å²) in [4.78, 5) is 26.6. The quantitative estimate of drug-likeness (QED) is 0.767. The fraction of sp³-hybridized carbons (Fsp3) is 0.227. The van der Waals surface area contributed by atoms with E-state index in [1.165, 1.54) is 0 Å². The van der Waals surface area contributed by atoms with Gasteiger partial charge in [0, 0.05) is 24.8 Å². The van der Waals surface area contributed by atoms with E-state index in [0.29, 0.717) is 24.3 Å². The summed E-state index contributed by atoms with van der Waals surface area (Å²) in [6.45, 7) is 5.09. The first-order valence-electron chi connectivity index (χ1n) is 9.31. The summed E-state index contributed by atoms with van der Waals surface area (Å²) in [6.07, 6.45) is 1.76. The van der Waals surface area contributed by atoms with Crippen LogP contribution in [0.3, 0.4) is 0 Å². The van der Waals surface area contributed by atoms with Gasteiger partial charge in [0.1, 0.15) is 5.69 Å². The number of hydrogen-bond acceptors (Lipinski definition) is 3. The number of amides is 2. The molecule has 2 amide bonds. The van der Waals surface area contributed by atoms with Gasteiger partial charge in [-0.1, -0.05) is 42.0 Å². The molecule has 0 spiro atoms. The largest absolute Gasteiger partial charge is 0.353 e. The third-order valence-corrected chi connectivity index (χ3v) is 4.93. The van der Waals surface area contributed by atoms with E-state index in [2.05, 4.69) is 11.4 Å². The number of benzene rings is 2. The maximum Gasteiger partial charge on any atom is 0.258 e. The number of carbonyl (C=O) groups excluding carboxylic acids is 2. The average molecular weight is 374 g/mol. The zero-order valence-corrected chi connectivity index (χ0v) is 16.0. The van der Waals surface area contributed by atoms with Gasteiger partial charge in [-0.2, -0.15) is 5.10 Å². The van der Waals surface area contributed by atoms with Gasteiger partial charge in [0.15, 0.2) is 0 Å². The van der Waals surface area contributed by atoms with Crippen LogP contribution < -0.4 is 5.32 Å². The first-order valence-corrected chi connectivity index (χ1v) is 9.31. The Bertz CT molecular complexity index is 1040. The summed E-state index contributed by atoms with van der Waals surface area (Å²) in [6, 6.07) is 15.8. The molecule has 0 aliphatic carbocycles. The monoisotopic (exact) mass is 374 g/mol. The van der Waals surface area contributed by atoms with Gasteiger partial charge in [-0.25, -0.2) is 4.68 Å². The van der Waals surface area contributed by atoms with Crippen molar-refractivity contribution in [1.82, 2.24) is 20.0 Å². The number of aryl methyl sites for hydroxylation is 2. The molecule has 1 aliphatic heterocycles. The molecular formula is C22H22N4O2. The van der Waals surface area contributed by atoms with Gasteiger partial charge in [0.2, 0.25) is 5.91 Å². The van der Waals surface area contributed by atoms with Gasteiger partial charge < -0.3 is 10.2 Å².